The number of hydrogen-bond acceptors (Lipinski definition) is 6. The van der Waals surface area contributed by atoms with E-state index in [1.54, 1.807) is 19.2 Å². The molecule has 1 saturated heterocycles. The van der Waals surface area contributed by atoms with E-state index in [-0.39, 0.29) is 18.4 Å². The van der Waals surface area contributed by atoms with Crippen molar-refractivity contribution in [3.05, 3.63) is 23.0 Å². The van der Waals surface area contributed by atoms with Crippen LogP contribution in [0.1, 0.15) is 18.4 Å². The molecule has 2 heterocycles. The molecule has 1 fully saturated rings. The van der Waals surface area contributed by atoms with Crippen LogP contribution in [0.3, 0.4) is 0 Å². The Morgan fingerprint density at radius 3 is 2.67 bits per heavy atom. The van der Waals surface area contributed by atoms with Gasteiger partial charge in [0.2, 0.25) is 11.7 Å². The molecule has 6 nitrogen and oxygen atoms in total. The molecule has 0 unspecified atom stereocenters. The number of rotatable bonds is 4. The average molecular weight is 332 g/mol. The topological polar surface area (TPSA) is 69.4 Å². The Labute approximate surface area is 133 Å². The Morgan fingerprint density at radius 1 is 1.33 bits per heavy atom. The summed E-state index contributed by atoms with van der Waals surface area (Å²) in [6, 6.07) is 3.66. The molecular weight excluding hydrogens is 317 g/mol. The molecular formula is C13H15Cl2N3O3. The van der Waals surface area contributed by atoms with E-state index in [1.807, 2.05) is 0 Å². The summed E-state index contributed by atoms with van der Waals surface area (Å²) in [5, 5.41) is 7.63. The van der Waals surface area contributed by atoms with Crippen LogP contribution in [0.4, 0.5) is 0 Å². The van der Waals surface area contributed by atoms with Gasteiger partial charge in [0.1, 0.15) is 0 Å². The highest BCUT2D eigenvalue weighted by atomic mass is 35.5. The molecule has 0 bridgehead atoms. The van der Waals surface area contributed by atoms with Gasteiger partial charge in [-0.15, -0.1) is 12.4 Å². The van der Waals surface area contributed by atoms with Crippen molar-refractivity contribution in [2.75, 3.05) is 20.8 Å². The summed E-state index contributed by atoms with van der Waals surface area (Å²) in [5.41, 5.74) is 0.724. The largest absolute Gasteiger partial charge is 0.493 e. The van der Waals surface area contributed by atoms with E-state index in [0.29, 0.717) is 28.2 Å². The first-order chi connectivity index (χ1) is 9.72. The zero-order valence-corrected chi connectivity index (χ0v) is 13.1. The molecule has 0 aliphatic carbocycles. The molecule has 0 amide bonds. The summed E-state index contributed by atoms with van der Waals surface area (Å²) in [6.45, 7) is 0.977. The Kier molecular flexibility index (Phi) is 4.92. The number of halogens is 2. The maximum absolute atomic E-state index is 6.17. The normalized spacial score (nSPS) is 16.8. The third-order valence-electron chi connectivity index (χ3n) is 3.26. The molecule has 3 rings (SSSR count). The van der Waals surface area contributed by atoms with Crippen molar-refractivity contribution in [2.24, 2.45) is 0 Å². The first-order valence-electron chi connectivity index (χ1n) is 6.22. The van der Waals surface area contributed by atoms with E-state index in [9.17, 15) is 0 Å². The van der Waals surface area contributed by atoms with Crippen LogP contribution in [-0.4, -0.2) is 30.9 Å². The monoisotopic (exact) mass is 331 g/mol. The minimum absolute atomic E-state index is 0. The first kappa shape index (κ1) is 15.9. The second kappa shape index (κ2) is 6.51. The van der Waals surface area contributed by atoms with Crippen LogP contribution < -0.4 is 14.8 Å². The average Bonchev–Trinajstić information content (AvgIpc) is 2.85. The molecule has 1 N–H and O–H groups in total. The van der Waals surface area contributed by atoms with Gasteiger partial charge >= 0.3 is 0 Å². The van der Waals surface area contributed by atoms with Gasteiger partial charge in [-0.2, -0.15) is 4.98 Å². The molecule has 1 aliphatic rings. The molecule has 1 aliphatic heterocycles. The quantitative estimate of drug-likeness (QED) is 0.928. The number of nitrogens with zero attached hydrogens (tertiary/aromatic N) is 2. The molecule has 21 heavy (non-hydrogen) atoms. The number of aromatic nitrogens is 2. The lowest BCUT2D eigenvalue weighted by atomic mass is 10.1. The Balaban J connectivity index is 0.00000161. The number of methoxy groups -OCH3 is 2. The van der Waals surface area contributed by atoms with Gasteiger partial charge in [0.15, 0.2) is 11.5 Å². The van der Waals surface area contributed by atoms with E-state index in [0.717, 1.165) is 18.5 Å². The van der Waals surface area contributed by atoms with Crippen molar-refractivity contribution in [1.29, 1.82) is 0 Å². The highest BCUT2D eigenvalue weighted by Gasteiger charge is 2.25. The maximum atomic E-state index is 6.17. The molecule has 8 heteroatoms. The highest BCUT2D eigenvalue weighted by molar-refractivity contribution is 6.32. The molecule has 0 spiro atoms. The van der Waals surface area contributed by atoms with Gasteiger partial charge in [-0.3, -0.25) is 0 Å². The fourth-order valence-corrected chi connectivity index (χ4v) is 2.33. The number of benzene rings is 1. The Bertz CT molecular complexity index is 629. The predicted molar refractivity (Wildman–Crippen MR) is 80.5 cm³/mol. The molecule has 1 atom stereocenters. The first-order valence-corrected chi connectivity index (χ1v) is 6.59. The molecule has 1 aromatic carbocycles. The standard InChI is InChI=1S/C13H14ClN3O3.ClH/c1-18-10-6-7(5-8(14)11(10)19-2)12-16-13(20-17-12)9-3-4-15-9;/h5-6,9,15H,3-4H2,1-2H3;1H/t9-;/m1./s1. The van der Waals surface area contributed by atoms with E-state index in [4.69, 9.17) is 25.6 Å². The maximum Gasteiger partial charge on any atom is 0.244 e. The van der Waals surface area contributed by atoms with Crippen LogP contribution in [-0.2, 0) is 0 Å². The lowest BCUT2D eigenvalue weighted by Crippen LogP contribution is -2.35. The van der Waals surface area contributed by atoms with Gasteiger partial charge in [0, 0.05) is 5.56 Å². The second-order valence-corrected chi connectivity index (χ2v) is 4.85. The number of nitrogens with one attached hydrogen (secondary N) is 1. The summed E-state index contributed by atoms with van der Waals surface area (Å²) in [5.74, 6) is 2.10. The summed E-state index contributed by atoms with van der Waals surface area (Å²) < 4.78 is 15.7. The predicted octanol–water partition coefficient (Wildman–Crippen LogP) is 2.86. The summed E-state index contributed by atoms with van der Waals surface area (Å²) >= 11 is 6.17. The van der Waals surface area contributed by atoms with Gasteiger partial charge in [-0.05, 0) is 25.1 Å². The summed E-state index contributed by atoms with van der Waals surface area (Å²) in [4.78, 5) is 4.38. The Hall–Kier alpha value is -1.50. The van der Waals surface area contributed by atoms with Gasteiger partial charge in [-0.1, -0.05) is 16.8 Å². The zero-order valence-electron chi connectivity index (χ0n) is 11.6. The molecule has 2 aromatic rings. The lowest BCUT2D eigenvalue weighted by Gasteiger charge is -2.23. The van der Waals surface area contributed by atoms with Gasteiger partial charge in [-0.25, -0.2) is 0 Å². The van der Waals surface area contributed by atoms with Crippen LogP contribution in [0.15, 0.2) is 16.7 Å². The van der Waals surface area contributed by atoms with Crippen LogP contribution >= 0.6 is 24.0 Å². The van der Waals surface area contributed by atoms with Crippen molar-refractivity contribution >= 4 is 24.0 Å². The number of hydrogen-bond donors (Lipinski definition) is 1. The summed E-state index contributed by atoms with van der Waals surface area (Å²) in [7, 11) is 3.09. The van der Waals surface area contributed by atoms with E-state index >= 15 is 0 Å². The third-order valence-corrected chi connectivity index (χ3v) is 3.54. The second-order valence-electron chi connectivity index (χ2n) is 4.45. The Morgan fingerprint density at radius 2 is 2.10 bits per heavy atom. The molecule has 1 aromatic heterocycles. The van der Waals surface area contributed by atoms with Crippen LogP contribution in [0.25, 0.3) is 11.4 Å². The highest BCUT2D eigenvalue weighted by Crippen LogP contribution is 2.38. The van der Waals surface area contributed by atoms with Crippen molar-refractivity contribution < 1.29 is 14.0 Å². The smallest absolute Gasteiger partial charge is 0.244 e. The zero-order chi connectivity index (χ0) is 14.1. The van der Waals surface area contributed by atoms with E-state index in [2.05, 4.69) is 15.5 Å². The van der Waals surface area contributed by atoms with Gasteiger partial charge < -0.3 is 19.3 Å². The van der Waals surface area contributed by atoms with Gasteiger partial charge in [0.05, 0.1) is 25.3 Å². The van der Waals surface area contributed by atoms with E-state index in [1.165, 1.54) is 7.11 Å². The lowest BCUT2D eigenvalue weighted by molar-refractivity contribution is 0.273. The molecule has 0 saturated carbocycles. The van der Waals surface area contributed by atoms with Crippen molar-refractivity contribution in [3.8, 4) is 22.9 Å². The van der Waals surface area contributed by atoms with E-state index < -0.39 is 0 Å². The minimum atomic E-state index is 0. The SMILES string of the molecule is COc1cc(-c2noc([C@H]3CCN3)n2)cc(Cl)c1OC.Cl. The number of ether oxygens (including phenoxy) is 2. The fourth-order valence-electron chi connectivity index (χ4n) is 2.04. The third kappa shape index (κ3) is 2.92. The van der Waals surface area contributed by atoms with Gasteiger partial charge in [0.25, 0.3) is 0 Å². The van der Waals surface area contributed by atoms with Crippen LogP contribution in [0, 0.1) is 0 Å². The molecule has 114 valence electrons. The van der Waals surface area contributed by atoms with Crippen LogP contribution in [0.5, 0.6) is 11.5 Å². The van der Waals surface area contributed by atoms with Crippen molar-refractivity contribution in [3.63, 3.8) is 0 Å². The van der Waals surface area contributed by atoms with Crippen molar-refractivity contribution in [1.82, 2.24) is 15.5 Å². The van der Waals surface area contributed by atoms with Crippen molar-refractivity contribution in [2.45, 2.75) is 12.5 Å². The molecule has 0 radical (unpaired) electrons. The fraction of sp³-hybridized carbons (Fsp3) is 0.385. The van der Waals surface area contributed by atoms with Crippen LogP contribution in [0.2, 0.25) is 5.02 Å². The minimum Gasteiger partial charge on any atom is -0.493 e. The summed E-state index contributed by atoms with van der Waals surface area (Å²) in [6.07, 6.45) is 1.01.